The molecule has 3 aromatic rings. The van der Waals surface area contributed by atoms with Crippen molar-refractivity contribution in [2.24, 2.45) is 10.7 Å². The molecule has 2 aromatic carbocycles. The summed E-state index contributed by atoms with van der Waals surface area (Å²) in [7, 11) is 3.89. The van der Waals surface area contributed by atoms with Crippen LogP contribution in [0.25, 0.3) is 15.8 Å². The van der Waals surface area contributed by atoms with Gasteiger partial charge in [0.15, 0.2) is 6.29 Å². The van der Waals surface area contributed by atoms with E-state index < -0.39 is 79.2 Å². The number of nitrogens with two attached hydrogens (primary N) is 1. The van der Waals surface area contributed by atoms with Gasteiger partial charge in [0.25, 0.3) is 0 Å². The Kier molecular flexibility index (Phi) is 19.0. The molecule has 0 saturated carbocycles. The second-order valence-electron chi connectivity index (χ2n) is 17.2. The minimum Gasteiger partial charge on any atom is -0.449 e. The third-order valence-electron chi connectivity index (χ3n) is 11.7. The van der Waals surface area contributed by atoms with Gasteiger partial charge in [-0.1, -0.05) is 36.4 Å². The molecule has 2 heterocycles. The number of thiazole rings is 1. The lowest BCUT2D eigenvalue weighted by atomic mass is 9.93. The lowest BCUT2D eigenvalue weighted by molar-refractivity contribution is -0.131. The molecule has 1 aliphatic heterocycles. The lowest BCUT2D eigenvalue weighted by Gasteiger charge is -2.21. The summed E-state index contributed by atoms with van der Waals surface area (Å²) >= 11 is 2.74. The molecule has 0 spiro atoms. The van der Waals surface area contributed by atoms with E-state index in [1.807, 2.05) is 37.2 Å². The first-order chi connectivity index (χ1) is 32.7. The quantitative estimate of drug-likeness (QED) is 0.0462. The van der Waals surface area contributed by atoms with Crippen LogP contribution in [-0.4, -0.2) is 144 Å². The second kappa shape index (κ2) is 25.1. The van der Waals surface area contributed by atoms with Crippen molar-refractivity contribution in [3.05, 3.63) is 76.3 Å². The van der Waals surface area contributed by atoms with Crippen LogP contribution in [0.1, 0.15) is 80.3 Å². The van der Waals surface area contributed by atoms with Crippen molar-refractivity contribution in [3.63, 3.8) is 0 Å². The van der Waals surface area contributed by atoms with Crippen LogP contribution in [0.3, 0.4) is 0 Å². The number of anilines is 1. The smallest absolute Gasteiger partial charge is 0.407 e. The van der Waals surface area contributed by atoms with Gasteiger partial charge in [-0.15, -0.1) is 23.1 Å². The van der Waals surface area contributed by atoms with Crippen molar-refractivity contribution in [2.75, 3.05) is 58.0 Å². The van der Waals surface area contributed by atoms with Crippen LogP contribution >= 0.6 is 23.1 Å². The van der Waals surface area contributed by atoms with Crippen molar-refractivity contribution >= 4 is 85.2 Å². The number of carbonyl (C=O) groups excluding carboxylic acids is 6. The van der Waals surface area contributed by atoms with Gasteiger partial charge in [-0.3, -0.25) is 29.0 Å². The van der Waals surface area contributed by atoms with Crippen LogP contribution in [0.15, 0.2) is 65.2 Å². The number of rotatable bonds is 24. The minimum atomic E-state index is -1.55. The number of allylic oxidation sites excluding steroid dienone is 3. The van der Waals surface area contributed by atoms with Gasteiger partial charge in [0.05, 0.1) is 23.3 Å². The monoisotopic (exact) mass is 974 g/mol. The van der Waals surface area contributed by atoms with Crippen molar-refractivity contribution < 1.29 is 43.7 Å². The Labute approximate surface area is 403 Å². The second-order valence-corrected chi connectivity index (χ2v) is 19.2. The van der Waals surface area contributed by atoms with Gasteiger partial charge in [0.1, 0.15) is 40.8 Å². The van der Waals surface area contributed by atoms with E-state index >= 15 is 0 Å². The summed E-state index contributed by atoms with van der Waals surface area (Å²) in [6.45, 7) is 1.75. The van der Waals surface area contributed by atoms with E-state index in [1.165, 1.54) is 41.2 Å². The highest BCUT2D eigenvalue weighted by molar-refractivity contribution is 8.15. The Bertz CT molecular complexity index is 2400. The molecule has 6 amide bonds. The highest BCUT2D eigenvalue weighted by Crippen LogP contribution is 2.46. The summed E-state index contributed by atoms with van der Waals surface area (Å²) in [5.41, 5.74) is 11.5. The van der Waals surface area contributed by atoms with E-state index in [2.05, 4.69) is 60.1 Å². The Balaban J connectivity index is 0.954. The van der Waals surface area contributed by atoms with Crippen molar-refractivity contribution in [3.8, 4) is 0 Å². The molecule has 1 unspecified atom stereocenters. The average molecular weight is 975 g/mol. The van der Waals surface area contributed by atoms with Crippen LogP contribution in [0.5, 0.6) is 0 Å². The molecule has 19 nitrogen and oxygen atoms in total. The van der Waals surface area contributed by atoms with Crippen LogP contribution < -0.4 is 37.6 Å². The molecule has 1 aromatic heterocycles. The number of hydrogen-bond acceptors (Lipinski definition) is 15. The molecule has 10 N–H and O–H groups in total. The van der Waals surface area contributed by atoms with E-state index in [4.69, 9.17) is 10.5 Å². The molecule has 366 valence electrons. The lowest BCUT2D eigenvalue weighted by Crippen LogP contribution is -2.53. The number of thioether (sulfide) groups is 1. The fraction of sp³-hybridized carbons (Fsp3) is 0.489. The number of nitrogens with zero attached hydrogens (tertiary/aromatic N) is 3. The van der Waals surface area contributed by atoms with E-state index in [9.17, 15) is 39.0 Å². The molecule has 6 rings (SSSR count). The maximum atomic E-state index is 13.5. The molecule has 21 heteroatoms. The standard InChI is InChI=1S/C47H62N10O9S2/c1-27(41(60)53-36(16-8-10-20-48)43(62)52-28-18-19-34-38(22-28)68-45(54-34)44-55-37(26-67-44)46(63)64)51-40(59)24-49-39(58)23-50-42(61)35(17-9-11-21-57(2)3)56-47(65)66-25-33-31-14-6-4-12-29(31)30-13-5-7-15-32(30)33/h4,6-7,12,14-15,18-19,22,27,33,35-37,46,63-64H,5,8-11,13,16-17,20-21,23-26,48H2,1-3H3,(H,49,58)(H,50,61)(H,51,59)(H,52,62)(H,53,60)(H,56,65)/t27-,33?,35-,36-,37+/m0/s1. The SMILES string of the molecule is C[C@H](NC(=O)CNC(=O)CNC(=O)[C@H](CCCCN(C)C)NC(=O)OCC1C2=C(CCC=C2)c2ccccc21)C(=O)N[C@@H](CCCCN)C(=O)Nc1ccc2nc(C3=N[C@@H](C(O)O)CS3)sc2c1. The zero-order valence-corrected chi connectivity index (χ0v) is 40.2. The number of aliphatic imine (C=N–C) groups is 1. The van der Waals surface area contributed by atoms with Gasteiger partial charge in [0.2, 0.25) is 29.5 Å². The number of ether oxygens (including phenoxy) is 1. The van der Waals surface area contributed by atoms with Crippen LogP contribution in [0, 0.1) is 0 Å². The number of aliphatic hydroxyl groups excluding tert-OH is 1. The number of alkyl carbamates (subject to hydrolysis) is 1. The number of fused-ring (bicyclic) bond motifs is 3. The Morgan fingerprint density at radius 3 is 2.40 bits per heavy atom. The van der Waals surface area contributed by atoms with E-state index in [0.717, 1.165) is 41.6 Å². The normalized spacial score (nSPS) is 17.5. The molecular formula is C47H62N10O9S2. The molecular weight excluding hydrogens is 913 g/mol. The summed E-state index contributed by atoms with van der Waals surface area (Å²) in [6.07, 6.45) is 6.94. The fourth-order valence-corrected chi connectivity index (χ4v) is 10.2. The first kappa shape index (κ1) is 51.7. The Morgan fingerprint density at radius 1 is 0.897 bits per heavy atom. The highest BCUT2D eigenvalue weighted by atomic mass is 32.2. The molecule has 5 atom stereocenters. The predicted molar refractivity (Wildman–Crippen MR) is 263 cm³/mol. The largest absolute Gasteiger partial charge is 0.449 e. The van der Waals surface area contributed by atoms with Crippen molar-refractivity contribution in [1.82, 2.24) is 36.5 Å². The fourth-order valence-electron chi connectivity index (χ4n) is 8.04. The first-order valence-electron chi connectivity index (χ1n) is 22.9. The summed E-state index contributed by atoms with van der Waals surface area (Å²) in [6, 6.07) is 9.64. The van der Waals surface area contributed by atoms with Gasteiger partial charge in [-0.05, 0) is 126 Å². The van der Waals surface area contributed by atoms with E-state index in [-0.39, 0.29) is 18.9 Å². The number of hydrogen-bond donors (Lipinski definition) is 9. The topological polar surface area (TPSA) is 279 Å². The minimum absolute atomic E-state index is 0.100. The average Bonchev–Trinajstić information content (AvgIpc) is 4.06. The van der Waals surface area contributed by atoms with Gasteiger partial charge in [-0.25, -0.2) is 9.78 Å². The predicted octanol–water partition coefficient (Wildman–Crippen LogP) is 2.49. The van der Waals surface area contributed by atoms with Gasteiger partial charge >= 0.3 is 6.09 Å². The van der Waals surface area contributed by atoms with Gasteiger partial charge in [0, 0.05) is 17.4 Å². The maximum Gasteiger partial charge on any atom is 0.407 e. The number of unbranched alkanes of at least 4 members (excludes halogenated alkanes) is 2. The molecule has 68 heavy (non-hydrogen) atoms. The molecule has 0 fully saturated rings. The highest BCUT2D eigenvalue weighted by Gasteiger charge is 2.33. The number of aromatic nitrogens is 1. The number of carbonyl (C=O) groups is 6. The zero-order valence-electron chi connectivity index (χ0n) is 38.5. The molecule has 0 saturated heterocycles. The van der Waals surface area contributed by atoms with E-state index in [1.54, 1.807) is 18.2 Å². The van der Waals surface area contributed by atoms with Gasteiger partial charge in [-0.2, -0.15) is 0 Å². The Hall–Kier alpha value is -5.71. The maximum absolute atomic E-state index is 13.5. The number of aliphatic hydroxyl groups is 2. The number of nitrogens with one attached hydrogen (secondary N) is 6. The summed E-state index contributed by atoms with van der Waals surface area (Å²) in [5, 5.41) is 36.0. The van der Waals surface area contributed by atoms with Crippen molar-refractivity contribution in [2.45, 2.75) is 94.7 Å². The van der Waals surface area contributed by atoms with Crippen LogP contribution in [0.2, 0.25) is 0 Å². The summed E-state index contributed by atoms with van der Waals surface area (Å²) in [5.74, 6) is -2.73. The zero-order chi connectivity index (χ0) is 48.7. The van der Waals surface area contributed by atoms with E-state index in [0.29, 0.717) is 59.2 Å². The van der Waals surface area contributed by atoms with Crippen molar-refractivity contribution in [1.29, 1.82) is 0 Å². The number of amides is 6. The first-order valence-corrected chi connectivity index (χ1v) is 24.7. The van der Waals surface area contributed by atoms with Crippen LogP contribution in [0.4, 0.5) is 10.5 Å². The third-order valence-corrected chi connectivity index (χ3v) is 13.9. The molecule has 3 aliphatic rings. The summed E-state index contributed by atoms with van der Waals surface area (Å²) < 4.78 is 6.48. The molecule has 0 radical (unpaired) electrons. The van der Waals surface area contributed by atoms with Crippen LogP contribution in [-0.2, 0) is 28.7 Å². The molecule has 0 bridgehead atoms. The third kappa shape index (κ3) is 14.4. The number of benzene rings is 2. The summed E-state index contributed by atoms with van der Waals surface area (Å²) in [4.78, 5) is 89.9. The molecule has 2 aliphatic carbocycles. The Morgan fingerprint density at radius 2 is 1.65 bits per heavy atom. The van der Waals surface area contributed by atoms with Gasteiger partial charge < -0.3 is 57.5 Å².